The molecule has 0 N–H and O–H groups in total. The number of piperidine rings is 1. The highest BCUT2D eigenvalue weighted by atomic mass is 35.5. The summed E-state index contributed by atoms with van der Waals surface area (Å²) < 4.78 is 5.45. The number of rotatable bonds is 2. The van der Waals surface area contributed by atoms with Gasteiger partial charge in [-0.05, 0) is 18.9 Å². The first-order valence-electron chi connectivity index (χ1n) is 5.93. The number of nitro groups is 1. The zero-order valence-electron chi connectivity index (χ0n) is 9.76. The van der Waals surface area contributed by atoms with E-state index < -0.39 is 4.92 Å². The van der Waals surface area contributed by atoms with E-state index in [2.05, 4.69) is 4.90 Å². The molecule has 2 saturated heterocycles. The lowest BCUT2D eigenvalue weighted by Crippen LogP contribution is -2.37. The molecule has 3 rings (SSSR count). The van der Waals surface area contributed by atoms with Crippen molar-refractivity contribution in [1.29, 1.82) is 0 Å². The van der Waals surface area contributed by atoms with Crippen LogP contribution in [-0.4, -0.2) is 30.2 Å². The van der Waals surface area contributed by atoms with E-state index in [9.17, 15) is 10.1 Å². The SMILES string of the molecule is O=[N+]([O-])c1ccc(Cl)c(N2CCC3(CC2)CO3)c1. The highest BCUT2D eigenvalue weighted by Crippen LogP contribution is 2.40. The first-order chi connectivity index (χ1) is 8.60. The van der Waals surface area contributed by atoms with E-state index in [-0.39, 0.29) is 11.3 Å². The summed E-state index contributed by atoms with van der Waals surface area (Å²) in [5.41, 5.74) is 0.933. The van der Waals surface area contributed by atoms with Crippen molar-refractivity contribution in [2.75, 3.05) is 24.6 Å². The van der Waals surface area contributed by atoms with Crippen LogP contribution in [-0.2, 0) is 4.74 Å². The summed E-state index contributed by atoms with van der Waals surface area (Å²) in [6, 6.07) is 4.57. The van der Waals surface area contributed by atoms with Gasteiger partial charge in [-0.3, -0.25) is 10.1 Å². The van der Waals surface area contributed by atoms with Crippen molar-refractivity contribution in [3.63, 3.8) is 0 Å². The molecule has 0 amide bonds. The van der Waals surface area contributed by atoms with Gasteiger partial charge in [-0.1, -0.05) is 11.6 Å². The van der Waals surface area contributed by atoms with Crippen LogP contribution in [0.2, 0.25) is 5.02 Å². The molecule has 1 aromatic carbocycles. The molecule has 0 aromatic heterocycles. The van der Waals surface area contributed by atoms with Gasteiger partial charge in [0.1, 0.15) is 0 Å². The van der Waals surface area contributed by atoms with E-state index in [0.717, 1.165) is 38.2 Å². The predicted octanol–water partition coefficient (Wildman–Crippen LogP) is 2.62. The number of halogens is 1. The lowest BCUT2D eigenvalue weighted by molar-refractivity contribution is -0.384. The summed E-state index contributed by atoms with van der Waals surface area (Å²) in [5, 5.41) is 11.3. The van der Waals surface area contributed by atoms with Crippen LogP contribution in [0.15, 0.2) is 18.2 Å². The maximum atomic E-state index is 10.8. The highest BCUT2D eigenvalue weighted by Gasteiger charge is 2.46. The Balaban J connectivity index is 1.82. The first kappa shape index (κ1) is 11.7. The number of anilines is 1. The summed E-state index contributed by atoms with van der Waals surface area (Å²) in [6.45, 7) is 2.52. The van der Waals surface area contributed by atoms with Gasteiger partial charge in [-0.25, -0.2) is 0 Å². The zero-order valence-corrected chi connectivity index (χ0v) is 10.5. The molecule has 0 aliphatic carbocycles. The average molecular weight is 269 g/mol. The number of benzene rings is 1. The molecule has 1 spiro atoms. The van der Waals surface area contributed by atoms with Crippen LogP contribution in [0.25, 0.3) is 0 Å². The fraction of sp³-hybridized carbons (Fsp3) is 0.500. The topological polar surface area (TPSA) is 58.9 Å². The normalized spacial score (nSPS) is 21.1. The molecule has 2 aliphatic heterocycles. The third kappa shape index (κ3) is 2.04. The minimum Gasteiger partial charge on any atom is -0.370 e. The molecule has 2 fully saturated rings. The van der Waals surface area contributed by atoms with Gasteiger partial charge in [0.05, 0.1) is 27.8 Å². The Morgan fingerprint density at radius 3 is 2.61 bits per heavy atom. The number of hydrogen-bond donors (Lipinski definition) is 0. The van der Waals surface area contributed by atoms with E-state index in [0.29, 0.717) is 5.02 Å². The summed E-state index contributed by atoms with van der Waals surface area (Å²) in [7, 11) is 0. The number of non-ortho nitro benzene ring substituents is 1. The summed E-state index contributed by atoms with van der Waals surface area (Å²) in [5.74, 6) is 0. The van der Waals surface area contributed by atoms with Crippen LogP contribution in [0.4, 0.5) is 11.4 Å². The molecular weight excluding hydrogens is 256 g/mol. The monoisotopic (exact) mass is 268 g/mol. The second kappa shape index (κ2) is 4.10. The summed E-state index contributed by atoms with van der Waals surface area (Å²) in [4.78, 5) is 12.5. The Kier molecular flexibility index (Phi) is 2.68. The Morgan fingerprint density at radius 2 is 2.06 bits per heavy atom. The molecule has 6 heteroatoms. The Morgan fingerprint density at radius 1 is 1.39 bits per heavy atom. The molecule has 0 unspecified atom stereocenters. The van der Waals surface area contributed by atoms with Crippen LogP contribution >= 0.6 is 11.6 Å². The van der Waals surface area contributed by atoms with Gasteiger partial charge in [0, 0.05) is 25.2 Å². The molecule has 0 saturated carbocycles. The van der Waals surface area contributed by atoms with Crippen LogP contribution in [0.3, 0.4) is 0 Å². The van der Waals surface area contributed by atoms with Gasteiger partial charge in [-0.2, -0.15) is 0 Å². The second-order valence-corrected chi connectivity index (χ2v) is 5.26. The molecule has 0 atom stereocenters. The molecule has 5 nitrogen and oxygen atoms in total. The molecule has 18 heavy (non-hydrogen) atoms. The highest BCUT2D eigenvalue weighted by molar-refractivity contribution is 6.33. The lowest BCUT2D eigenvalue weighted by atomic mass is 9.97. The van der Waals surface area contributed by atoms with Gasteiger partial charge in [-0.15, -0.1) is 0 Å². The predicted molar refractivity (Wildman–Crippen MR) is 68.2 cm³/mol. The Bertz CT molecular complexity index is 492. The molecule has 96 valence electrons. The number of ether oxygens (including phenoxy) is 1. The van der Waals surface area contributed by atoms with Gasteiger partial charge >= 0.3 is 0 Å². The minimum absolute atomic E-state index is 0.0809. The van der Waals surface area contributed by atoms with Crippen LogP contribution in [0.1, 0.15) is 12.8 Å². The van der Waals surface area contributed by atoms with Crippen molar-refractivity contribution in [1.82, 2.24) is 0 Å². The lowest BCUT2D eigenvalue weighted by Gasteiger charge is -2.32. The second-order valence-electron chi connectivity index (χ2n) is 4.85. The molecule has 0 bridgehead atoms. The van der Waals surface area contributed by atoms with Crippen molar-refractivity contribution >= 4 is 23.0 Å². The van der Waals surface area contributed by atoms with Crippen LogP contribution in [0, 0.1) is 10.1 Å². The third-order valence-electron chi connectivity index (χ3n) is 3.71. The van der Waals surface area contributed by atoms with Gasteiger partial charge < -0.3 is 9.64 Å². The van der Waals surface area contributed by atoms with Crippen molar-refractivity contribution in [3.8, 4) is 0 Å². The number of hydrogen-bond acceptors (Lipinski definition) is 4. The largest absolute Gasteiger partial charge is 0.370 e. The Labute approximate surface area is 109 Å². The minimum atomic E-state index is -0.394. The maximum Gasteiger partial charge on any atom is 0.271 e. The van der Waals surface area contributed by atoms with Crippen LogP contribution in [0.5, 0.6) is 0 Å². The Hall–Kier alpha value is -1.33. The van der Waals surface area contributed by atoms with Gasteiger partial charge in [0.15, 0.2) is 0 Å². The first-order valence-corrected chi connectivity index (χ1v) is 6.30. The number of nitro benzene ring substituents is 1. The van der Waals surface area contributed by atoms with Crippen LogP contribution < -0.4 is 4.90 Å². The van der Waals surface area contributed by atoms with E-state index in [4.69, 9.17) is 16.3 Å². The maximum absolute atomic E-state index is 10.8. The van der Waals surface area contributed by atoms with Crippen molar-refractivity contribution in [2.45, 2.75) is 18.4 Å². The van der Waals surface area contributed by atoms with Crippen molar-refractivity contribution in [2.24, 2.45) is 0 Å². The molecule has 2 aliphatic rings. The molecule has 0 radical (unpaired) electrons. The van der Waals surface area contributed by atoms with Gasteiger partial charge in [0.25, 0.3) is 5.69 Å². The van der Waals surface area contributed by atoms with Crippen molar-refractivity contribution in [3.05, 3.63) is 33.3 Å². The molecule has 1 aromatic rings. The fourth-order valence-corrected chi connectivity index (χ4v) is 2.64. The van der Waals surface area contributed by atoms with Crippen molar-refractivity contribution < 1.29 is 9.66 Å². The van der Waals surface area contributed by atoms with E-state index in [1.807, 2.05) is 0 Å². The van der Waals surface area contributed by atoms with E-state index >= 15 is 0 Å². The standard InChI is InChI=1S/C12H13ClN2O3/c13-10-2-1-9(15(16)17)7-11(10)14-5-3-12(4-6-14)8-18-12/h1-2,7H,3-6,8H2. The number of nitrogens with zero attached hydrogens (tertiary/aromatic N) is 2. The summed E-state index contributed by atoms with van der Waals surface area (Å²) >= 11 is 6.13. The summed E-state index contributed by atoms with van der Waals surface area (Å²) in [6.07, 6.45) is 1.93. The fourth-order valence-electron chi connectivity index (χ4n) is 2.40. The average Bonchev–Trinajstić information content (AvgIpc) is 3.11. The molecule has 2 heterocycles. The van der Waals surface area contributed by atoms with E-state index in [1.165, 1.54) is 6.07 Å². The smallest absolute Gasteiger partial charge is 0.271 e. The van der Waals surface area contributed by atoms with E-state index in [1.54, 1.807) is 12.1 Å². The zero-order chi connectivity index (χ0) is 12.8. The van der Waals surface area contributed by atoms with Gasteiger partial charge in [0.2, 0.25) is 0 Å². The third-order valence-corrected chi connectivity index (χ3v) is 4.03. The number of epoxide rings is 1. The quantitative estimate of drug-likeness (QED) is 0.470. The molecular formula is C12H13ClN2O3.